The Hall–Kier alpha value is -3.56. The number of rotatable bonds is 6. The van der Waals surface area contributed by atoms with Crippen molar-refractivity contribution in [2.24, 2.45) is 0 Å². The van der Waals surface area contributed by atoms with Gasteiger partial charge < -0.3 is 14.8 Å². The van der Waals surface area contributed by atoms with Crippen molar-refractivity contribution >= 4 is 5.91 Å². The standard InChI is InChI=1S/C20H17F3N4O3/c1-29-14-8-4-2-6-12(14)16-24-18(27-26-16)19(10-11-19)25-17(28)13-7-3-5-9-15(13)30-20(21,22)23/h2-9H,10-11H2,1H3,(H,25,28)(H,24,26,27). The summed E-state index contributed by atoms with van der Waals surface area (Å²) in [6.45, 7) is 0. The average molecular weight is 418 g/mol. The number of methoxy groups -OCH3 is 1. The topological polar surface area (TPSA) is 89.1 Å². The molecule has 0 aliphatic heterocycles. The van der Waals surface area contributed by atoms with Gasteiger partial charge in [-0.05, 0) is 37.1 Å². The van der Waals surface area contributed by atoms with Gasteiger partial charge in [0.15, 0.2) is 11.6 Å². The highest BCUT2D eigenvalue weighted by molar-refractivity contribution is 5.97. The lowest BCUT2D eigenvalue weighted by molar-refractivity contribution is -0.274. The molecule has 10 heteroatoms. The number of para-hydroxylation sites is 2. The summed E-state index contributed by atoms with van der Waals surface area (Å²) >= 11 is 0. The number of amides is 1. The fourth-order valence-electron chi connectivity index (χ4n) is 3.12. The van der Waals surface area contributed by atoms with Gasteiger partial charge in [-0.25, -0.2) is 4.98 Å². The predicted molar refractivity (Wildman–Crippen MR) is 99.9 cm³/mol. The van der Waals surface area contributed by atoms with Crippen LogP contribution in [0.5, 0.6) is 11.5 Å². The molecule has 30 heavy (non-hydrogen) atoms. The van der Waals surface area contributed by atoms with E-state index in [4.69, 9.17) is 4.74 Å². The van der Waals surface area contributed by atoms with Crippen LogP contribution >= 0.6 is 0 Å². The third kappa shape index (κ3) is 3.93. The molecule has 1 saturated carbocycles. The lowest BCUT2D eigenvalue weighted by Crippen LogP contribution is -2.36. The Morgan fingerprint density at radius 1 is 1.10 bits per heavy atom. The number of aromatic amines is 1. The van der Waals surface area contributed by atoms with Crippen LogP contribution in [0.2, 0.25) is 0 Å². The monoisotopic (exact) mass is 418 g/mol. The Morgan fingerprint density at radius 2 is 1.77 bits per heavy atom. The number of benzene rings is 2. The number of aromatic nitrogens is 3. The molecule has 0 unspecified atom stereocenters. The summed E-state index contributed by atoms with van der Waals surface area (Å²) in [6.07, 6.45) is -3.76. The van der Waals surface area contributed by atoms with E-state index in [2.05, 4.69) is 25.2 Å². The number of carbonyl (C=O) groups excluding carboxylic acids is 1. The fraction of sp³-hybridized carbons (Fsp3) is 0.250. The van der Waals surface area contributed by atoms with Crippen molar-refractivity contribution in [3.8, 4) is 22.9 Å². The van der Waals surface area contributed by atoms with Crippen molar-refractivity contribution in [3.05, 3.63) is 59.9 Å². The van der Waals surface area contributed by atoms with Crippen molar-refractivity contribution in [2.45, 2.75) is 24.7 Å². The highest BCUT2D eigenvalue weighted by Gasteiger charge is 2.49. The zero-order valence-electron chi connectivity index (χ0n) is 15.8. The average Bonchev–Trinajstić information content (AvgIpc) is 3.31. The first-order valence-corrected chi connectivity index (χ1v) is 9.05. The molecule has 2 aromatic carbocycles. The molecule has 1 aromatic heterocycles. The third-order valence-electron chi connectivity index (χ3n) is 4.75. The van der Waals surface area contributed by atoms with Gasteiger partial charge >= 0.3 is 6.36 Å². The van der Waals surface area contributed by atoms with Gasteiger partial charge in [0.05, 0.1) is 23.8 Å². The number of halogens is 3. The molecule has 0 spiro atoms. The molecule has 0 saturated heterocycles. The Kier molecular flexibility index (Phi) is 4.84. The lowest BCUT2D eigenvalue weighted by Gasteiger charge is -2.17. The molecular weight excluding hydrogens is 401 g/mol. The fourth-order valence-corrected chi connectivity index (χ4v) is 3.12. The van der Waals surface area contributed by atoms with Gasteiger partial charge in [0.2, 0.25) is 0 Å². The molecule has 0 bridgehead atoms. The largest absolute Gasteiger partial charge is 0.573 e. The minimum atomic E-state index is -4.90. The van der Waals surface area contributed by atoms with Gasteiger partial charge in [-0.2, -0.15) is 5.10 Å². The smallest absolute Gasteiger partial charge is 0.496 e. The van der Waals surface area contributed by atoms with Crippen LogP contribution in [0.4, 0.5) is 13.2 Å². The minimum Gasteiger partial charge on any atom is -0.496 e. The zero-order valence-corrected chi connectivity index (χ0v) is 15.8. The van der Waals surface area contributed by atoms with Crippen LogP contribution in [0.3, 0.4) is 0 Å². The van der Waals surface area contributed by atoms with Gasteiger partial charge in [0, 0.05) is 0 Å². The Balaban J connectivity index is 1.57. The molecule has 2 N–H and O–H groups in total. The number of hydrogen-bond donors (Lipinski definition) is 2. The maximum Gasteiger partial charge on any atom is 0.573 e. The first-order chi connectivity index (χ1) is 14.3. The Labute approximate surface area is 169 Å². The van der Waals surface area contributed by atoms with Gasteiger partial charge in [-0.15, -0.1) is 13.2 Å². The van der Waals surface area contributed by atoms with Gasteiger partial charge in [0.1, 0.15) is 11.5 Å². The Bertz CT molecular complexity index is 1080. The van der Waals surface area contributed by atoms with E-state index >= 15 is 0 Å². The summed E-state index contributed by atoms with van der Waals surface area (Å²) in [5, 5.41) is 9.80. The molecule has 0 radical (unpaired) electrons. The van der Waals surface area contributed by atoms with Gasteiger partial charge in [-0.3, -0.25) is 9.89 Å². The molecule has 1 amide bonds. The first-order valence-electron chi connectivity index (χ1n) is 9.05. The number of ether oxygens (including phenoxy) is 2. The maximum atomic E-state index is 12.7. The molecule has 7 nitrogen and oxygen atoms in total. The van der Waals surface area contributed by atoms with Crippen LogP contribution in [0.25, 0.3) is 11.4 Å². The highest BCUT2D eigenvalue weighted by atomic mass is 19.4. The number of H-pyrrole nitrogens is 1. The van der Waals surface area contributed by atoms with E-state index in [1.807, 2.05) is 12.1 Å². The van der Waals surface area contributed by atoms with Crippen LogP contribution in [0.15, 0.2) is 48.5 Å². The quantitative estimate of drug-likeness (QED) is 0.636. The normalized spacial score (nSPS) is 14.8. The number of nitrogens with one attached hydrogen (secondary N) is 2. The molecular formula is C20H17F3N4O3. The minimum absolute atomic E-state index is 0.217. The predicted octanol–water partition coefficient (Wildman–Crippen LogP) is 3.80. The first kappa shape index (κ1) is 19.7. The summed E-state index contributed by atoms with van der Waals surface area (Å²) < 4.78 is 47.2. The van der Waals surface area contributed by atoms with Gasteiger partial charge in [-0.1, -0.05) is 24.3 Å². The van der Waals surface area contributed by atoms with E-state index in [0.717, 1.165) is 6.07 Å². The number of hydrogen-bond acceptors (Lipinski definition) is 5. The van der Waals surface area contributed by atoms with E-state index < -0.39 is 23.6 Å². The summed E-state index contributed by atoms with van der Waals surface area (Å²) in [4.78, 5) is 17.2. The molecule has 0 atom stereocenters. The summed E-state index contributed by atoms with van der Waals surface area (Å²) in [5.41, 5.74) is -0.366. The Morgan fingerprint density at radius 3 is 2.43 bits per heavy atom. The van der Waals surface area contributed by atoms with Crippen LogP contribution in [-0.4, -0.2) is 34.6 Å². The van der Waals surface area contributed by atoms with E-state index in [1.165, 1.54) is 25.3 Å². The van der Waals surface area contributed by atoms with E-state index in [-0.39, 0.29) is 5.56 Å². The molecule has 156 valence electrons. The second-order valence-corrected chi connectivity index (χ2v) is 6.79. The van der Waals surface area contributed by atoms with Crippen molar-refractivity contribution in [2.75, 3.05) is 7.11 Å². The summed E-state index contributed by atoms with van der Waals surface area (Å²) in [5.74, 6) is 0.151. The lowest BCUT2D eigenvalue weighted by atomic mass is 10.1. The highest BCUT2D eigenvalue weighted by Crippen LogP contribution is 2.45. The number of alkyl halides is 3. The number of nitrogens with zero attached hydrogens (tertiary/aromatic N) is 2. The molecule has 1 fully saturated rings. The second kappa shape index (κ2) is 7.36. The number of carbonyl (C=O) groups is 1. The molecule has 1 heterocycles. The maximum absolute atomic E-state index is 12.7. The molecule has 1 aliphatic carbocycles. The van der Waals surface area contributed by atoms with E-state index in [9.17, 15) is 18.0 Å². The molecule has 4 rings (SSSR count). The van der Waals surface area contributed by atoms with Gasteiger partial charge in [0.25, 0.3) is 5.91 Å². The third-order valence-corrected chi connectivity index (χ3v) is 4.75. The molecule has 1 aliphatic rings. The van der Waals surface area contributed by atoms with Crippen LogP contribution in [0, 0.1) is 0 Å². The van der Waals surface area contributed by atoms with E-state index in [0.29, 0.717) is 35.8 Å². The summed E-state index contributed by atoms with van der Waals surface area (Å²) in [6, 6.07) is 12.4. The van der Waals surface area contributed by atoms with Crippen molar-refractivity contribution in [3.63, 3.8) is 0 Å². The van der Waals surface area contributed by atoms with Crippen molar-refractivity contribution in [1.29, 1.82) is 0 Å². The van der Waals surface area contributed by atoms with Crippen molar-refractivity contribution < 1.29 is 27.4 Å². The van der Waals surface area contributed by atoms with Crippen LogP contribution in [0.1, 0.15) is 29.0 Å². The SMILES string of the molecule is COc1ccccc1-c1n[nH]c(C2(NC(=O)c3ccccc3OC(F)(F)F)CC2)n1. The van der Waals surface area contributed by atoms with Crippen LogP contribution in [-0.2, 0) is 5.54 Å². The van der Waals surface area contributed by atoms with Crippen molar-refractivity contribution in [1.82, 2.24) is 20.5 Å². The summed E-state index contributed by atoms with van der Waals surface area (Å²) in [7, 11) is 1.54. The van der Waals surface area contributed by atoms with E-state index in [1.54, 1.807) is 12.1 Å². The zero-order chi connectivity index (χ0) is 21.4. The molecule has 3 aromatic rings. The second-order valence-electron chi connectivity index (χ2n) is 6.79. The van der Waals surface area contributed by atoms with Crippen LogP contribution < -0.4 is 14.8 Å².